The number of furan rings is 1. The number of halogens is 4. The second kappa shape index (κ2) is 5.94. The summed E-state index contributed by atoms with van der Waals surface area (Å²) in [7, 11) is 0. The van der Waals surface area contributed by atoms with Crippen molar-refractivity contribution >= 4 is 39.9 Å². The minimum absolute atomic E-state index is 0.00459. The molecule has 0 aliphatic carbocycles. The third-order valence-corrected chi connectivity index (χ3v) is 5.11. The van der Waals surface area contributed by atoms with Crippen LogP contribution in [0.5, 0.6) is 0 Å². The topological polar surface area (TPSA) is 30.4 Å². The van der Waals surface area contributed by atoms with Gasteiger partial charge in [-0.25, -0.2) is 8.78 Å². The van der Waals surface area contributed by atoms with Crippen LogP contribution in [0, 0.1) is 11.6 Å². The highest BCUT2D eigenvalue weighted by atomic mass is 35.5. The number of benzene rings is 2. The van der Waals surface area contributed by atoms with Crippen molar-refractivity contribution in [3.8, 4) is 5.69 Å². The first-order chi connectivity index (χ1) is 13.0. The van der Waals surface area contributed by atoms with E-state index in [-0.39, 0.29) is 5.58 Å². The van der Waals surface area contributed by atoms with Crippen molar-refractivity contribution in [2.45, 2.75) is 6.54 Å². The Morgan fingerprint density at radius 3 is 2.78 bits per heavy atom. The standard InChI is InChI=1S/C20H10Cl2F2N2O/c21-11-6-14(22)13-9-25-19(16-2-1-3-26(16)17(13)7-11)18-5-10-4-12(23)8-15(24)20(10)27-18/h1-8H,9H2. The molecule has 7 heteroatoms. The van der Waals surface area contributed by atoms with Crippen molar-refractivity contribution in [3.05, 3.63) is 87.4 Å². The lowest BCUT2D eigenvalue weighted by atomic mass is 10.1. The number of aliphatic imine (C=N–C) groups is 1. The van der Waals surface area contributed by atoms with Gasteiger partial charge in [0.2, 0.25) is 0 Å². The van der Waals surface area contributed by atoms with E-state index in [2.05, 4.69) is 4.99 Å². The smallest absolute Gasteiger partial charge is 0.170 e. The maximum absolute atomic E-state index is 14.0. The number of nitrogens with zero attached hydrogens (tertiary/aromatic N) is 2. The molecule has 0 fully saturated rings. The Morgan fingerprint density at radius 2 is 1.93 bits per heavy atom. The van der Waals surface area contributed by atoms with Crippen LogP contribution in [0.3, 0.4) is 0 Å². The molecule has 27 heavy (non-hydrogen) atoms. The van der Waals surface area contributed by atoms with Crippen LogP contribution in [0.25, 0.3) is 16.7 Å². The zero-order chi connectivity index (χ0) is 18.7. The molecule has 1 aliphatic rings. The molecule has 0 radical (unpaired) electrons. The van der Waals surface area contributed by atoms with Crippen LogP contribution in [-0.2, 0) is 6.54 Å². The first-order valence-corrected chi connectivity index (χ1v) is 8.86. The van der Waals surface area contributed by atoms with Crippen LogP contribution in [0.15, 0.2) is 58.1 Å². The summed E-state index contributed by atoms with van der Waals surface area (Å²) in [4.78, 5) is 4.64. The van der Waals surface area contributed by atoms with Crippen LogP contribution >= 0.6 is 23.2 Å². The third-order valence-electron chi connectivity index (χ3n) is 4.55. The molecule has 0 N–H and O–H groups in total. The van der Waals surface area contributed by atoms with Gasteiger partial charge in [-0.3, -0.25) is 4.99 Å². The van der Waals surface area contributed by atoms with E-state index in [0.29, 0.717) is 33.4 Å². The maximum Gasteiger partial charge on any atom is 0.170 e. The van der Waals surface area contributed by atoms with Gasteiger partial charge < -0.3 is 8.98 Å². The molecule has 134 valence electrons. The lowest BCUT2D eigenvalue weighted by molar-refractivity contribution is 0.542. The second-order valence-corrected chi connectivity index (χ2v) is 7.07. The van der Waals surface area contributed by atoms with Gasteiger partial charge in [0.25, 0.3) is 0 Å². The van der Waals surface area contributed by atoms with Gasteiger partial charge in [-0.1, -0.05) is 23.2 Å². The van der Waals surface area contributed by atoms with Gasteiger partial charge in [-0.15, -0.1) is 0 Å². The SMILES string of the molecule is Fc1cc(F)c2oc(C3=NCc4c(Cl)cc(Cl)cc4-n4cccc43)cc2c1. The van der Waals surface area contributed by atoms with Gasteiger partial charge in [0.05, 0.1) is 17.9 Å². The summed E-state index contributed by atoms with van der Waals surface area (Å²) in [6.45, 7) is 0.302. The summed E-state index contributed by atoms with van der Waals surface area (Å²) in [6, 6.07) is 10.8. The van der Waals surface area contributed by atoms with Crippen molar-refractivity contribution in [1.29, 1.82) is 0 Å². The Bertz CT molecular complexity index is 1260. The van der Waals surface area contributed by atoms with Crippen molar-refractivity contribution in [1.82, 2.24) is 4.57 Å². The van der Waals surface area contributed by atoms with E-state index >= 15 is 0 Å². The molecule has 0 saturated carbocycles. The molecule has 0 unspecified atom stereocenters. The van der Waals surface area contributed by atoms with Gasteiger partial charge in [0, 0.05) is 33.3 Å². The molecule has 0 atom stereocenters. The Balaban J connectivity index is 1.74. The molecule has 0 bridgehead atoms. The maximum atomic E-state index is 14.0. The van der Waals surface area contributed by atoms with Crippen molar-refractivity contribution in [2.24, 2.45) is 4.99 Å². The summed E-state index contributed by atoms with van der Waals surface area (Å²) >= 11 is 12.5. The Labute approximate surface area is 162 Å². The molecule has 0 saturated heterocycles. The summed E-state index contributed by atoms with van der Waals surface area (Å²) in [6.07, 6.45) is 1.87. The average Bonchev–Trinajstić information content (AvgIpc) is 3.21. The van der Waals surface area contributed by atoms with Gasteiger partial charge in [0.1, 0.15) is 11.5 Å². The fraction of sp³-hybridized carbons (Fsp3) is 0.0500. The number of fused-ring (bicyclic) bond motifs is 4. The van der Waals surface area contributed by atoms with Gasteiger partial charge in [-0.2, -0.15) is 0 Å². The minimum Gasteiger partial charge on any atom is -0.451 e. The van der Waals surface area contributed by atoms with Gasteiger partial charge in [-0.05, 0) is 36.4 Å². The highest BCUT2D eigenvalue weighted by Crippen LogP contribution is 2.34. The fourth-order valence-corrected chi connectivity index (χ4v) is 3.92. The van der Waals surface area contributed by atoms with Crippen molar-refractivity contribution in [3.63, 3.8) is 0 Å². The second-order valence-electron chi connectivity index (χ2n) is 6.23. The first kappa shape index (κ1) is 16.5. The monoisotopic (exact) mass is 402 g/mol. The van der Waals surface area contributed by atoms with Crippen LogP contribution in [-0.4, -0.2) is 10.3 Å². The highest BCUT2D eigenvalue weighted by molar-refractivity contribution is 6.35. The Hall–Kier alpha value is -2.63. The van der Waals surface area contributed by atoms with Crippen LogP contribution in [0.4, 0.5) is 8.78 Å². The molecule has 5 rings (SSSR count). The molecule has 2 aromatic heterocycles. The van der Waals surface area contributed by atoms with E-state index in [0.717, 1.165) is 23.0 Å². The van der Waals surface area contributed by atoms with E-state index < -0.39 is 11.6 Å². The lowest BCUT2D eigenvalue weighted by Gasteiger charge is -2.12. The molecule has 4 aromatic rings. The van der Waals surface area contributed by atoms with E-state index in [1.54, 1.807) is 12.1 Å². The molecular weight excluding hydrogens is 393 g/mol. The number of hydrogen-bond donors (Lipinski definition) is 0. The molecule has 1 aliphatic heterocycles. The first-order valence-electron chi connectivity index (χ1n) is 8.11. The van der Waals surface area contributed by atoms with Crippen LogP contribution < -0.4 is 0 Å². The van der Waals surface area contributed by atoms with Crippen LogP contribution in [0.1, 0.15) is 17.0 Å². The van der Waals surface area contributed by atoms with Crippen LogP contribution in [0.2, 0.25) is 10.0 Å². The summed E-state index contributed by atoms with van der Waals surface area (Å²) in [5.74, 6) is -1.06. The normalized spacial score (nSPS) is 13.3. The minimum atomic E-state index is -0.751. The van der Waals surface area contributed by atoms with E-state index in [1.165, 1.54) is 6.07 Å². The fourth-order valence-electron chi connectivity index (χ4n) is 3.38. The summed E-state index contributed by atoms with van der Waals surface area (Å²) in [5, 5.41) is 1.37. The van der Waals surface area contributed by atoms with Crippen molar-refractivity contribution < 1.29 is 13.2 Å². The van der Waals surface area contributed by atoms with Crippen molar-refractivity contribution in [2.75, 3.05) is 0 Å². The third kappa shape index (κ3) is 2.58. The molecule has 2 aromatic carbocycles. The van der Waals surface area contributed by atoms with E-state index in [4.69, 9.17) is 27.6 Å². The predicted molar refractivity (Wildman–Crippen MR) is 101 cm³/mol. The highest BCUT2D eigenvalue weighted by Gasteiger charge is 2.23. The van der Waals surface area contributed by atoms with E-state index in [9.17, 15) is 8.78 Å². The molecular formula is C20H10Cl2F2N2O. The molecule has 0 spiro atoms. The quantitative estimate of drug-likeness (QED) is 0.375. The molecule has 3 heterocycles. The largest absolute Gasteiger partial charge is 0.451 e. The number of rotatable bonds is 1. The molecule has 0 amide bonds. The lowest BCUT2D eigenvalue weighted by Crippen LogP contribution is -2.07. The van der Waals surface area contributed by atoms with Gasteiger partial charge in [0.15, 0.2) is 17.2 Å². The zero-order valence-corrected chi connectivity index (χ0v) is 15.2. The predicted octanol–water partition coefficient (Wildman–Crippen LogP) is 6.16. The van der Waals surface area contributed by atoms with E-state index in [1.807, 2.05) is 29.0 Å². The van der Waals surface area contributed by atoms with Gasteiger partial charge >= 0.3 is 0 Å². The number of hydrogen-bond acceptors (Lipinski definition) is 2. The Morgan fingerprint density at radius 1 is 1.07 bits per heavy atom. The Kier molecular flexibility index (Phi) is 3.64. The average molecular weight is 403 g/mol. The molecule has 3 nitrogen and oxygen atoms in total. The summed E-state index contributed by atoms with van der Waals surface area (Å²) < 4.78 is 35.2. The summed E-state index contributed by atoms with van der Waals surface area (Å²) in [5.41, 5.74) is 2.91. The zero-order valence-electron chi connectivity index (χ0n) is 13.6. The number of aromatic nitrogens is 1.